The van der Waals surface area contributed by atoms with E-state index in [0.29, 0.717) is 0 Å². The highest BCUT2D eigenvalue weighted by Gasteiger charge is 2.19. The second-order valence-electron chi connectivity index (χ2n) is 3.67. The maximum absolute atomic E-state index is 11.8. The van der Waals surface area contributed by atoms with Crippen LogP contribution in [0.15, 0.2) is 18.2 Å². The normalized spacial score (nSPS) is 11.5. The number of halogens is 1. The molecule has 7 nitrogen and oxygen atoms in total. The summed E-state index contributed by atoms with van der Waals surface area (Å²) in [5.41, 5.74) is -0.307. The molecule has 0 heterocycles. The van der Waals surface area contributed by atoms with Gasteiger partial charge in [-0.1, -0.05) is 11.6 Å². The van der Waals surface area contributed by atoms with Gasteiger partial charge in [0.1, 0.15) is 6.04 Å². The number of ether oxygens (including phenoxy) is 1. The molecule has 0 aliphatic heterocycles. The third-order valence-corrected chi connectivity index (χ3v) is 2.48. The molecular formula is C11H11ClN2O5. The molecule has 1 atom stereocenters. The van der Waals surface area contributed by atoms with E-state index < -0.39 is 22.8 Å². The fraction of sp³-hybridized carbons (Fsp3) is 0.273. The summed E-state index contributed by atoms with van der Waals surface area (Å²) < 4.78 is 4.45. The van der Waals surface area contributed by atoms with Crippen molar-refractivity contribution in [3.05, 3.63) is 38.9 Å². The molecule has 0 spiro atoms. The minimum Gasteiger partial charge on any atom is -0.467 e. The lowest BCUT2D eigenvalue weighted by molar-refractivity contribution is -0.384. The number of hydrogen-bond donors (Lipinski definition) is 1. The Bertz CT molecular complexity index is 532. The predicted molar refractivity (Wildman–Crippen MR) is 67.1 cm³/mol. The number of nitrogens with zero attached hydrogens (tertiary/aromatic N) is 1. The number of carbonyl (C=O) groups excluding carboxylic acids is 2. The van der Waals surface area contributed by atoms with Crippen molar-refractivity contribution in [1.82, 2.24) is 5.32 Å². The molecule has 0 radical (unpaired) electrons. The van der Waals surface area contributed by atoms with E-state index in [1.54, 1.807) is 0 Å². The average Bonchev–Trinajstić information content (AvgIpc) is 2.36. The monoisotopic (exact) mass is 286 g/mol. The van der Waals surface area contributed by atoms with Crippen molar-refractivity contribution in [2.75, 3.05) is 7.11 Å². The molecule has 1 unspecified atom stereocenters. The minimum atomic E-state index is -0.865. The number of nitro groups is 1. The van der Waals surface area contributed by atoms with Crippen molar-refractivity contribution in [2.24, 2.45) is 0 Å². The highest BCUT2D eigenvalue weighted by atomic mass is 35.5. The van der Waals surface area contributed by atoms with Crippen molar-refractivity contribution in [3.8, 4) is 0 Å². The largest absolute Gasteiger partial charge is 0.467 e. The molecule has 1 aromatic rings. The summed E-state index contributed by atoms with van der Waals surface area (Å²) in [6, 6.07) is 2.61. The summed E-state index contributed by atoms with van der Waals surface area (Å²) in [6.45, 7) is 1.43. The third-order valence-electron chi connectivity index (χ3n) is 2.26. The maximum Gasteiger partial charge on any atom is 0.328 e. The van der Waals surface area contributed by atoms with Crippen molar-refractivity contribution in [2.45, 2.75) is 13.0 Å². The van der Waals surface area contributed by atoms with E-state index in [1.165, 1.54) is 20.1 Å². The first-order chi connectivity index (χ1) is 8.85. The first-order valence-corrected chi connectivity index (χ1v) is 5.56. The number of non-ortho nitro benzene ring substituents is 1. The van der Waals surface area contributed by atoms with Gasteiger partial charge in [-0.3, -0.25) is 14.9 Å². The minimum absolute atomic E-state index is 0.00467. The summed E-state index contributed by atoms with van der Waals surface area (Å²) in [7, 11) is 1.19. The number of benzene rings is 1. The van der Waals surface area contributed by atoms with Gasteiger partial charge in [0, 0.05) is 22.7 Å². The molecule has 0 aromatic heterocycles. The third kappa shape index (κ3) is 3.92. The summed E-state index contributed by atoms with van der Waals surface area (Å²) in [4.78, 5) is 32.9. The van der Waals surface area contributed by atoms with E-state index in [2.05, 4.69) is 10.1 Å². The fourth-order valence-corrected chi connectivity index (χ4v) is 1.56. The summed E-state index contributed by atoms with van der Waals surface area (Å²) in [6.07, 6.45) is 0. The van der Waals surface area contributed by atoms with E-state index in [4.69, 9.17) is 11.6 Å². The Morgan fingerprint density at radius 2 is 2.05 bits per heavy atom. The quantitative estimate of drug-likeness (QED) is 0.514. The van der Waals surface area contributed by atoms with E-state index >= 15 is 0 Å². The van der Waals surface area contributed by atoms with Crippen LogP contribution in [0.1, 0.15) is 17.3 Å². The summed E-state index contributed by atoms with van der Waals surface area (Å²) in [5.74, 6) is -1.27. The van der Waals surface area contributed by atoms with Gasteiger partial charge >= 0.3 is 5.97 Å². The topological polar surface area (TPSA) is 98.5 Å². The van der Waals surface area contributed by atoms with Gasteiger partial charge in [-0.2, -0.15) is 0 Å². The lowest BCUT2D eigenvalue weighted by Gasteiger charge is -2.11. The first kappa shape index (κ1) is 14.9. The first-order valence-electron chi connectivity index (χ1n) is 5.19. The maximum atomic E-state index is 11.8. The lowest BCUT2D eigenvalue weighted by atomic mass is 10.1. The molecule has 0 saturated heterocycles. The van der Waals surface area contributed by atoms with Crippen LogP contribution in [-0.4, -0.2) is 30.0 Å². The van der Waals surface area contributed by atoms with Crippen LogP contribution in [0.4, 0.5) is 5.69 Å². The molecule has 19 heavy (non-hydrogen) atoms. The van der Waals surface area contributed by atoms with Gasteiger partial charge < -0.3 is 10.1 Å². The molecular weight excluding hydrogens is 276 g/mol. The van der Waals surface area contributed by atoms with Crippen LogP contribution in [0.3, 0.4) is 0 Å². The van der Waals surface area contributed by atoms with Gasteiger partial charge in [-0.15, -0.1) is 0 Å². The number of nitro benzene ring substituents is 1. The summed E-state index contributed by atoms with van der Waals surface area (Å²) >= 11 is 5.69. The van der Waals surface area contributed by atoms with Gasteiger partial charge in [-0.05, 0) is 13.0 Å². The van der Waals surface area contributed by atoms with Gasteiger partial charge in [0.2, 0.25) is 0 Å². The number of nitrogens with one attached hydrogen (secondary N) is 1. The predicted octanol–water partition coefficient (Wildman–Crippen LogP) is 1.54. The van der Waals surface area contributed by atoms with Crippen molar-refractivity contribution in [1.29, 1.82) is 0 Å². The lowest BCUT2D eigenvalue weighted by Crippen LogP contribution is -2.39. The van der Waals surface area contributed by atoms with Crippen LogP contribution in [0, 0.1) is 10.1 Å². The molecule has 0 aliphatic carbocycles. The molecule has 1 aromatic carbocycles. The van der Waals surface area contributed by atoms with Crippen LogP contribution in [0.25, 0.3) is 0 Å². The van der Waals surface area contributed by atoms with Crippen molar-refractivity contribution >= 4 is 29.2 Å². The second-order valence-corrected chi connectivity index (χ2v) is 4.11. The molecule has 102 valence electrons. The number of esters is 1. The Hall–Kier alpha value is -2.15. The fourth-order valence-electron chi connectivity index (χ4n) is 1.33. The van der Waals surface area contributed by atoms with E-state index in [1.807, 2.05) is 0 Å². The van der Waals surface area contributed by atoms with E-state index in [9.17, 15) is 19.7 Å². The highest BCUT2D eigenvalue weighted by molar-refractivity contribution is 6.31. The van der Waals surface area contributed by atoms with Crippen LogP contribution < -0.4 is 5.32 Å². The number of rotatable bonds is 4. The Labute approximate surface area is 113 Å². The zero-order valence-electron chi connectivity index (χ0n) is 10.2. The zero-order valence-corrected chi connectivity index (χ0v) is 10.9. The van der Waals surface area contributed by atoms with Crippen LogP contribution >= 0.6 is 11.6 Å². The van der Waals surface area contributed by atoms with Gasteiger partial charge in [0.15, 0.2) is 0 Å². The second kappa shape index (κ2) is 6.14. The van der Waals surface area contributed by atoms with E-state index in [0.717, 1.165) is 12.1 Å². The van der Waals surface area contributed by atoms with E-state index in [-0.39, 0.29) is 16.3 Å². The number of hydrogen-bond acceptors (Lipinski definition) is 5. The number of methoxy groups -OCH3 is 1. The van der Waals surface area contributed by atoms with Gasteiger partial charge in [0.05, 0.1) is 12.0 Å². The molecule has 1 rings (SSSR count). The Morgan fingerprint density at radius 1 is 1.42 bits per heavy atom. The standard InChI is InChI=1S/C11H11ClN2O5/c1-6(11(16)19-2)13-10(15)7-3-8(12)5-9(4-7)14(17)18/h3-6H,1-2H3,(H,13,15). The highest BCUT2D eigenvalue weighted by Crippen LogP contribution is 2.20. The van der Waals surface area contributed by atoms with Crippen molar-refractivity contribution in [3.63, 3.8) is 0 Å². The SMILES string of the molecule is COC(=O)C(C)NC(=O)c1cc(Cl)cc([N+](=O)[O-])c1. The molecule has 0 fully saturated rings. The van der Waals surface area contributed by atoms with Crippen LogP contribution in [-0.2, 0) is 9.53 Å². The molecule has 1 N–H and O–H groups in total. The number of amides is 1. The molecule has 0 aliphatic rings. The van der Waals surface area contributed by atoms with Crippen LogP contribution in [0.2, 0.25) is 5.02 Å². The molecule has 1 amide bonds. The van der Waals surface area contributed by atoms with Gasteiger partial charge in [-0.25, -0.2) is 4.79 Å². The van der Waals surface area contributed by atoms with Gasteiger partial charge in [0.25, 0.3) is 11.6 Å². The number of carbonyl (C=O) groups is 2. The van der Waals surface area contributed by atoms with Crippen molar-refractivity contribution < 1.29 is 19.2 Å². The summed E-state index contributed by atoms with van der Waals surface area (Å²) in [5, 5.41) is 13.1. The Kier molecular flexibility index (Phi) is 4.82. The zero-order chi connectivity index (χ0) is 14.6. The smallest absolute Gasteiger partial charge is 0.328 e. The molecule has 8 heteroatoms. The molecule has 0 saturated carbocycles. The van der Waals surface area contributed by atoms with Crippen LogP contribution in [0.5, 0.6) is 0 Å². The average molecular weight is 287 g/mol. The Balaban J connectivity index is 2.94. The molecule has 0 bridgehead atoms. The Morgan fingerprint density at radius 3 is 2.58 bits per heavy atom.